The van der Waals surface area contributed by atoms with Gasteiger partial charge in [-0.25, -0.2) is 0 Å². The summed E-state index contributed by atoms with van der Waals surface area (Å²) in [5.74, 6) is -0.736. The molecule has 1 amide bonds. The van der Waals surface area contributed by atoms with Crippen LogP contribution >= 0.6 is 39.3 Å². The van der Waals surface area contributed by atoms with Crippen molar-refractivity contribution in [3.63, 3.8) is 0 Å². The monoisotopic (exact) mass is 495 g/mol. The Morgan fingerprint density at radius 1 is 1.31 bits per heavy atom. The summed E-state index contributed by atoms with van der Waals surface area (Å²) in [6, 6.07) is 12.9. The van der Waals surface area contributed by atoms with Crippen LogP contribution in [-0.2, 0) is 16.2 Å². The van der Waals surface area contributed by atoms with E-state index in [4.69, 9.17) is 21.4 Å². The van der Waals surface area contributed by atoms with Crippen molar-refractivity contribution in [2.75, 3.05) is 0 Å². The van der Waals surface area contributed by atoms with E-state index in [1.54, 1.807) is 0 Å². The van der Waals surface area contributed by atoms with E-state index in [9.17, 15) is 9.59 Å². The number of halogens is 2. The lowest BCUT2D eigenvalue weighted by molar-refractivity contribution is -0.138. The molecule has 1 unspecified atom stereocenters. The van der Waals surface area contributed by atoms with Gasteiger partial charge in [-0.15, -0.1) is 5.10 Å². The van der Waals surface area contributed by atoms with Gasteiger partial charge in [-0.1, -0.05) is 35.5 Å². The summed E-state index contributed by atoms with van der Waals surface area (Å²) in [4.78, 5) is 22.4. The number of amidine groups is 1. The molecule has 1 atom stereocenters. The highest BCUT2D eigenvalue weighted by atomic mass is 79.9. The van der Waals surface area contributed by atoms with Crippen LogP contribution in [-0.4, -0.2) is 33.6 Å². The number of thioether (sulfide) groups is 1. The van der Waals surface area contributed by atoms with Gasteiger partial charge in [0.1, 0.15) is 17.6 Å². The lowest BCUT2D eigenvalue weighted by atomic mass is 10.2. The van der Waals surface area contributed by atoms with Gasteiger partial charge in [-0.05, 0) is 57.4 Å². The number of carboxylic acids is 1. The third-order valence-electron chi connectivity index (χ3n) is 3.76. The van der Waals surface area contributed by atoms with Crippen molar-refractivity contribution >= 4 is 62.6 Å². The molecule has 1 heterocycles. The second kappa shape index (κ2) is 9.91. The Balaban J connectivity index is 1.58. The predicted molar refractivity (Wildman–Crippen MR) is 117 cm³/mol. The molecule has 2 N–H and O–H groups in total. The number of rotatable bonds is 7. The van der Waals surface area contributed by atoms with E-state index < -0.39 is 11.2 Å². The summed E-state index contributed by atoms with van der Waals surface area (Å²) in [5.41, 5.74) is 1.77. The molecular weight excluding hydrogens is 482 g/mol. The first-order chi connectivity index (χ1) is 13.9. The Hall–Kier alpha value is -2.36. The summed E-state index contributed by atoms with van der Waals surface area (Å²) in [6.45, 7) is 0.408. The van der Waals surface area contributed by atoms with E-state index in [0.29, 0.717) is 17.4 Å². The second-order valence-corrected chi connectivity index (χ2v) is 8.43. The number of ether oxygens (including phenoxy) is 1. The number of carbonyl (C=O) groups excluding carboxylic acids is 1. The van der Waals surface area contributed by atoms with Crippen LogP contribution in [0.3, 0.4) is 0 Å². The van der Waals surface area contributed by atoms with E-state index >= 15 is 0 Å². The number of hydrogen-bond donors (Lipinski definition) is 2. The van der Waals surface area contributed by atoms with Gasteiger partial charge >= 0.3 is 5.97 Å². The number of hydrogen-bond acceptors (Lipinski definition) is 6. The van der Waals surface area contributed by atoms with Crippen LogP contribution in [0.1, 0.15) is 17.5 Å². The minimum atomic E-state index is -1.04. The van der Waals surface area contributed by atoms with Gasteiger partial charge in [-0.3, -0.25) is 9.59 Å². The van der Waals surface area contributed by atoms with Crippen LogP contribution in [0.4, 0.5) is 0 Å². The van der Waals surface area contributed by atoms with Crippen molar-refractivity contribution in [3.05, 3.63) is 63.1 Å². The molecule has 2 aromatic carbocycles. The fraction of sp³-hybridized carbons (Fsp3) is 0.158. The number of carboxylic acid groups (broad SMARTS) is 1. The number of nitrogens with zero attached hydrogens (tertiary/aromatic N) is 2. The molecule has 7 nitrogen and oxygen atoms in total. The van der Waals surface area contributed by atoms with Gasteiger partial charge in [0.25, 0.3) is 0 Å². The molecule has 0 aromatic heterocycles. The summed E-state index contributed by atoms with van der Waals surface area (Å²) in [6.07, 6.45) is 1.27. The van der Waals surface area contributed by atoms with Crippen LogP contribution < -0.4 is 10.1 Å². The van der Waals surface area contributed by atoms with Crippen LogP contribution in [0.2, 0.25) is 5.02 Å². The molecule has 0 aliphatic carbocycles. The van der Waals surface area contributed by atoms with E-state index in [2.05, 4.69) is 31.4 Å². The maximum Gasteiger partial charge on any atom is 0.305 e. The molecule has 0 radical (unpaired) electrons. The molecule has 0 spiro atoms. The Bertz CT molecular complexity index is 982. The van der Waals surface area contributed by atoms with Gasteiger partial charge in [0.2, 0.25) is 5.91 Å². The lowest BCUT2D eigenvalue weighted by Crippen LogP contribution is -2.26. The highest BCUT2D eigenvalue weighted by molar-refractivity contribution is 9.10. The molecule has 29 heavy (non-hydrogen) atoms. The van der Waals surface area contributed by atoms with Crippen LogP contribution in [0, 0.1) is 0 Å². The van der Waals surface area contributed by atoms with Crippen LogP contribution in [0.5, 0.6) is 5.75 Å². The average Bonchev–Trinajstić information content (AvgIpc) is 3.01. The number of nitrogens with one attached hydrogen (secondary N) is 1. The quantitative estimate of drug-likeness (QED) is 0.444. The predicted octanol–water partition coefficient (Wildman–Crippen LogP) is 4.08. The van der Waals surface area contributed by atoms with Crippen molar-refractivity contribution < 1.29 is 19.4 Å². The topological polar surface area (TPSA) is 100 Å². The van der Waals surface area contributed by atoms with Gasteiger partial charge in [0, 0.05) is 5.02 Å². The highest BCUT2D eigenvalue weighted by Gasteiger charge is 2.32. The highest BCUT2D eigenvalue weighted by Crippen LogP contribution is 2.27. The Morgan fingerprint density at radius 2 is 2.07 bits per heavy atom. The Kier molecular flexibility index (Phi) is 7.29. The number of amides is 1. The minimum absolute atomic E-state index is 0.260. The summed E-state index contributed by atoms with van der Waals surface area (Å²) >= 11 is 10.4. The summed E-state index contributed by atoms with van der Waals surface area (Å²) < 4.78 is 6.56. The maximum absolute atomic E-state index is 11.7. The third-order valence-corrected chi connectivity index (χ3v) is 5.70. The fourth-order valence-electron chi connectivity index (χ4n) is 2.35. The first kappa shape index (κ1) is 21.4. The number of aliphatic carboxylic acids is 1. The molecule has 2 aromatic rings. The first-order valence-corrected chi connectivity index (χ1v) is 10.4. The van der Waals surface area contributed by atoms with Crippen molar-refractivity contribution in [1.29, 1.82) is 0 Å². The molecule has 10 heteroatoms. The molecule has 0 bridgehead atoms. The van der Waals surface area contributed by atoms with Gasteiger partial charge in [0.05, 0.1) is 17.1 Å². The molecule has 0 saturated carbocycles. The Labute approximate surface area is 184 Å². The summed E-state index contributed by atoms with van der Waals surface area (Å²) in [5, 5.41) is 19.4. The van der Waals surface area contributed by atoms with E-state index in [0.717, 1.165) is 27.4 Å². The molecule has 1 aliphatic heterocycles. The standard InChI is InChI=1S/C19H15BrClN3O4S/c20-14-7-12(3-6-15(14)28-10-11-1-4-13(21)5-2-11)9-22-24-19-23-18(27)16(29-19)8-17(25)26/h1-7,9,16H,8,10H2,(H,25,26)(H,23,24,27). The molecule has 1 aliphatic rings. The van der Waals surface area contributed by atoms with Crippen LogP contribution in [0.25, 0.3) is 0 Å². The maximum atomic E-state index is 11.7. The largest absolute Gasteiger partial charge is 0.488 e. The smallest absolute Gasteiger partial charge is 0.305 e. The SMILES string of the molecule is O=C(O)CC1S/C(=N/N=Cc2ccc(OCc3ccc(Cl)cc3)c(Br)c2)NC1=O. The fourth-order valence-corrected chi connectivity index (χ4v) is 3.90. The normalized spacial score (nSPS) is 17.7. The van der Waals surface area contributed by atoms with Gasteiger partial charge in [0.15, 0.2) is 5.17 Å². The lowest BCUT2D eigenvalue weighted by Gasteiger charge is -2.09. The van der Waals surface area contributed by atoms with E-state index in [-0.39, 0.29) is 17.5 Å². The first-order valence-electron chi connectivity index (χ1n) is 8.38. The number of carbonyl (C=O) groups is 2. The molecule has 3 rings (SSSR count). The molecular formula is C19H15BrClN3O4S. The van der Waals surface area contributed by atoms with Crippen molar-refractivity contribution in [2.24, 2.45) is 10.2 Å². The van der Waals surface area contributed by atoms with E-state index in [1.165, 1.54) is 6.21 Å². The van der Waals surface area contributed by atoms with Crippen molar-refractivity contribution in [1.82, 2.24) is 5.32 Å². The zero-order valence-electron chi connectivity index (χ0n) is 14.8. The van der Waals surface area contributed by atoms with Crippen LogP contribution in [0.15, 0.2) is 57.1 Å². The molecule has 1 fully saturated rings. The second-order valence-electron chi connectivity index (χ2n) is 5.95. The minimum Gasteiger partial charge on any atom is -0.488 e. The van der Waals surface area contributed by atoms with Crippen molar-refractivity contribution in [3.8, 4) is 5.75 Å². The summed E-state index contributed by atoms with van der Waals surface area (Å²) in [7, 11) is 0. The van der Waals surface area contributed by atoms with Gasteiger partial charge in [-0.2, -0.15) is 5.10 Å². The number of benzene rings is 2. The molecule has 1 saturated heterocycles. The zero-order chi connectivity index (χ0) is 20.8. The zero-order valence-corrected chi connectivity index (χ0v) is 18.0. The van der Waals surface area contributed by atoms with E-state index in [1.807, 2.05) is 42.5 Å². The molecule has 150 valence electrons. The third kappa shape index (κ3) is 6.31. The Morgan fingerprint density at radius 3 is 2.76 bits per heavy atom. The van der Waals surface area contributed by atoms with Gasteiger partial charge < -0.3 is 15.2 Å². The van der Waals surface area contributed by atoms with Crippen molar-refractivity contribution in [2.45, 2.75) is 18.3 Å². The average molecular weight is 497 g/mol.